The van der Waals surface area contributed by atoms with Gasteiger partial charge in [0.25, 0.3) is 0 Å². The Bertz CT molecular complexity index is 306. The third-order valence-electron chi connectivity index (χ3n) is 3.58. The molecule has 5 nitrogen and oxygen atoms in total. The summed E-state index contributed by atoms with van der Waals surface area (Å²) in [5, 5.41) is 2.60. The van der Waals surface area contributed by atoms with Crippen molar-refractivity contribution in [3.05, 3.63) is 0 Å². The lowest BCUT2D eigenvalue weighted by Gasteiger charge is -2.37. The van der Waals surface area contributed by atoms with Gasteiger partial charge in [-0.25, -0.2) is 0 Å². The molecule has 0 radical (unpaired) electrons. The monoisotopic (exact) mass is 226 g/mol. The fraction of sp³-hybridized carbons (Fsp3) is 0.818. The molecule has 0 aromatic heterocycles. The Morgan fingerprint density at radius 1 is 1.38 bits per heavy atom. The Labute approximate surface area is 95.1 Å². The molecule has 1 heterocycles. The van der Waals surface area contributed by atoms with Gasteiger partial charge in [-0.15, -0.1) is 0 Å². The smallest absolute Gasteiger partial charge is 0.242 e. The minimum absolute atomic E-state index is 0.0221. The number of hydrogen-bond donors (Lipinski definition) is 1. The van der Waals surface area contributed by atoms with Gasteiger partial charge in [0.1, 0.15) is 6.04 Å². The molecule has 0 aromatic rings. The molecule has 0 aromatic carbocycles. The van der Waals surface area contributed by atoms with Gasteiger partial charge in [-0.2, -0.15) is 0 Å². The van der Waals surface area contributed by atoms with Crippen LogP contribution >= 0.6 is 0 Å². The van der Waals surface area contributed by atoms with Crippen LogP contribution in [0.2, 0.25) is 0 Å². The molecule has 90 valence electrons. The van der Waals surface area contributed by atoms with Crippen LogP contribution in [0.1, 0.15) is 26.2 Å². The second kappa shape index (κ2) is 4.41. The molecule has 5 heteroatoms. The van der Waals surface area contributed by atoms with Crippen LogP contribution in [-0.2, 0) is 14.3 Å². The number of carbonyl (C=O) groups excluding carboxylic acids is 2. The fourth-order valence-electron chi connectivity index (χ4n) is 2.65. The van der Waals surface area contributed by atoms with Gasteiger partial charge in [-0.3, -0.25) is 9.59 Å². The first-order chi connectivity index (χ1) is 7.63. The van der Waals surface area contributed by atoms with Crippen molar-refractivity contribution in [1.29, 1.82) is 0 Å². The van der Waals surface area contributed by atoms with Crippen molar-refractivity contribution in [3.8, 4) is 0 Å². The Morgan fingerprint density at radius 2 is 2.12 bits per heavy atom. The van der Waals surface area contributed by atoms with Gasteiger partial charge in [0.15, 0.2) is 0 Å². The van der Waals surface area contributed by atoms with Gasteiger partial charge in [0.2, 0.25) is 11.8 Å². The number of piperazine rings is 1. The summed E-state index contributed by atoms with van der Waals surface area (Å²) in [6.45, 7) is 1.92. The van der Waals surface area contributed by atoms with E-state index in [1.54, 1.807) is 18.9 Å². The predicted octanol–water partition coefficient (Wildman–Crippen LogP) is -0.0992. The van der Waals surface area contributed by atoms with Crippen LogP contribution in [0.25, 0.3) is 0 Å². The zero-order valence-corrected chi connectivity index (χ0v) is 9.73. The second-order valence-electron chi connectivity index (χ2n) is 4.52. The topological polar surface area (TPSA) is 58.6 Å². The van der Waals surface area contributed by atoms with Crippen LogP contribution in [0.15, 0.2) is 0 Å². The quantitative estimate of drug-likeness (QED) is 0.715. The molecular formula is C11H18N2O3. The Hall–Kier alpha value is -1.10. The maximum absolute atomic E-state index is 11.8. The van der Waals surface area contributed by atoms with Crippen molar-refractivity contribution < 1.29 is 14.3 Å². The minimum Gasteiger partial charge on any atom is -0.381 e. The van der Waals surface area contributed by atoms with Crippen LogP contribution in [0.3, 0.4) is 0 Å². The number of nitrogens with one attached hydrogen (secondary N) is 1. The van der Waals surface area contributed by atoms with E-state index < -0.39 is 0 Å². The van der Waals surface area contributed by atoms with Crippen molar-refractivity contribution in [2.24, 2.45) is 0 Å². The van der Waals surface area contributed by atoms with Gasteiger partial charge in [0, 0.05) is 13.2 Å². The lowest BCUT2D eigenvalue weighted by Crippen LogP contribution is -2.60. The van der Waals surface area contributed by atoms with Crippen LogP contribution in [0.4, 0.5) is 0 Å². The SMILES string of the molecule is COC1CCC(N2C(=O)CNC(=O)C2C)C1. The minimum atomic E-state index is -0.346. The van der Waals surface area contributed by atoms with E-state index in [0.717, 1.165) is 19.3 Å². The summed E-state index contributed by atoms with van der Waals surface area (Å²) in [6, 6.07) is -0.180. The molecule has 1 aliphatic heterocycles. The molecule has 1 saturated carbocycles. The van der Waals surface area contributed by atoms with Gasteiger partial charge >= 0.3 is 0 Å². The number of hydrogen-bond acceptors (Lipinski definition) is 3. The first-order valence-electron chi connectivity index (χ1n) is 5.75. The van der Waals surface area contributed by atoms with Crippen LogP contribution < -0.4 is 5.32 Å². The molecular weight excluding hydrogens is 208 g/mol. The molecule has 3 unspecified atom stereocenters. The normalized spacial score (nSPS) is 35.4. The van der Waals surface area contributed by atoms with E-state index in [1.165, 1.54) is 0 Å². The van der Waals surface area contributed by atoms with E-state index in [-0.39, 0.29) is 36.5 Å². The van der Waals surface area contributed by atoms with E-state index in [0.29, 0.717) is 0 Å². The van der Waals surface area contributed by atoms with Crippen molar-refractivity contribution in [3.63, 3.8) is 0 Å². The number of methoxy groups -OCH3 is 1. The molecule has 1 N–H and O–H groups in total. The summed E-state index contributed by atoms with van der Waals surface area (Å²) in [6.07, 6.45) is 2.98. The van der Waals surface area contributed by atoms with E-state index in [9.17, 15) is 9.59 Å². The Balaban J connectivity index is 2.07. The van der Waals surface area contributed by atoms with E-state index in [1.807, 2.05) is 0 Å². The van der Waals surface area contributed by atoms with Gasteiger partial charge in [-0.1, -0.05) is 0 Å². The maximum Gasteiger partial charge on any atom is 0.242 e. The third kappa shape index (κ3) is 1.91. The molecule has 0 spiro atoms. The van der Waals surface area contributed by atoms with E-state index in [4.69, 9.17) is 4.74 Å². The maximum atomic E-state index is 11.8. The number of carbonyl (C=O) groups is 2. The lowest BCUT2D eigenvalue weighted by molar-refractivity contribution is -0.147. The largest absolute Gasteiger partial charge is 0.381 e. The fourth-order valence-corrected chi connectivity index (χ4v) is 2.65. The summed E-state index contributed by atoms with van der Waals surface area (Å²) < 4.78 is 5.29. The average molecular weight is 226 g/mol. The highest BCUT2D eigenvalue weighted by Crippen LogP contribution is 2.28. The number of amides is 2. The molecule has 1 saturated heterocycles. The second-order valence-corrected chi connectivity index (χ2v) is 4.52. The summed E-state index contributed by atoms with van der Waals surface area (Å²) in [7, 11) is 1.70. The van der Waals surface area contributed by atoms with Crippen LogP contribution in [0, 0.1) is 0 Å². The van der Waals surface area contributed by atoms with Gasteiger partial charge < -0.3 is 15.0 Å². The van der Waals surface area contributed by atoms with E-state index in [2.05, 4.69) is 5.32 Å². The Morgan fingerprint density at radius 3 is 2.75 bits per heavy atom. The highest BCUT2D eigenvalue weighted by atomic mass is 16.5. The number of ether oxygens (including phenoxy) is 1. The molecule has 16 heavy (non-hydrogen) atoms. The van der Waals surface area contributed by atoms with Crippen LogP contribution in [-0.4, -0.2) is 48.6 Å². The van der Waals surface area contributed by atoms with Gasteiger partial charge in [-0.05, 0) is 26.2 Å². The molecule has 0 bridgehead atoms. The Kier molecular flexibility index (Phi) is 3.14. The molecule has 3 atom stereocenters. The highest BCUT2D eigenvalue weighted by molar-refractivity contribution is 5.94. The zero-order chi connectivity index (χ0) is 11.7. The van der Waals surface area contributed by atoms with Crippen molar-refractivity contribution in [2.75, 3.05) is 13.7 Å². The highest BCUT2D eigenvalue weighted by Gasteiger charge is 2.39. The average Bonchev–Trinajstić information content (AvgIpc) is 2.73. The first kappa shape index (κ1) is 11.4. The summed E-state index contributed by atoms with van der Waals surface area (Å²) in [4.78, 5) is 25.1. The van der Waals surface area contributed by atoms with E-state index >= 15 is 0 Å². The molecule has 1 aliphatic carbocycles. The van der Waals surface area contributed by atoms with Gasteiger partial charge in [0.05, 0.1) is 12.6 Å². The van der Waals surface area contributed by atoms with Crippen molar-refractivity contribution in [2.45, 2.75) is 44.4 Å². The third-order valence-corrected chi connectivity index (χ3v) is 3.58. The van der Waals surface area contributed by atoms with Crippen LogP contribution in [0.5, 0.6) is 0 Å². The number of rotatable bonds is 2. The molecule has 2 rings (SSSR count). The standard InChI is InChI=1S/C11H18N2O3/c1-7-11(15)12-6-10(14)13(7)8-3-4-9(5-8)16-2/h7-9H,3-6H2,1-2H3,(H,12,15). The first-order valence-corrected chi connectivity index (χ1v) is 5.75. The molecule has 2 amide bonds. The number of nitrogens with zero attached hydrogens (tertiary/aromatic N) is 1. The summed E-state index contributed by atoms with van der Waals surface area (Å²) >= 11 is 0. The van der Waals surface area contributed by atoms with Crippen molar-refractivity contribution in [1.82, 2.24) is 10.2 Å². The summed E-state index contributed by atoms with van der Waals surface area (Å²) in [5.74, 6) is -0.0330. The summed E-state index contributed by atoms with van der Waals surface area (Å²) in [5.41, 5.74) is 0. The molecule has 2 aliphatic rings. The van der Waals surface area contributed by atoms with Crippen molar-refractivity contribution >= 4 is 11.8 Å². The lowest BCUT2D eigenvalue weighted by atomic mass is 10.1. The predicted molar refractivity (Wildman–Crippen MR) is 57.8 cm³/mol. The molecule has 2 fully saturated rings. The zero-order valence-electron chi connectivity index (χ0n) is 9.73.